The van der Waals surface area contributed by atoms with E-state index in [0.29, 0.717) is 5.11 Å². The number of thiocarbonyl (C=S) groups is 1. The van der Waals surface area contributed by atoms with E-state index < -0.39 is 11.7 Å². The van der Waals surface area contributed by atoms with Gasteiger partial charge in [-0.05, 0) is 39.4 Å². The van der Waals surface area contributed by atoms with Crippen molar-refractivity contribution in [3.05, 3.63) is 0 Å². The van der Waals surface area contributed by atoms with Crippen molar-refractivity contribution >= 4 is 23.4 Å². The molecular formula is C10H20N2O2S. The molecule has 4 nitrogen and oxygen atoms in total. The fourth-order valence-corrected chi connectivity index (χ4v) is 1.00. The molecule has 0 saturated heterocycles. The second kappa shape index (κ2) is 6.61. The Morgan fingerprint density at radius 1 is 1.40 bits per heavy atom. The smallest absolute Gasteiger partial charge is 0.413 e. The topological polar surface area (TPSA) is 50.4 Å². The lowest BCUT2D eigenvalue weighted by atomic mass is 10.2. The van der Waals surface area contributed by atoms with Gasteiger partial charge in [-0.25, -0.2) is 4.79 Å². The highest BCUT2D eigenvalue weighted by Gasteiger charge is 2.16. The molecule has 0 aromatic rings. The lowest BCUT2D eigenvalue weighted by Gasteiger charge is -2.20. The Bertz CT molecular complexity index is 224. The normalized spacial score (nSPS) is 10.7. The molecule has 0 aromatic heterocycles. The summed E-state index contributed by atoms with van der Waals surface area (Å²) < 4.78 is 5.04. The Morgan fingerprint density at radius 2 is 2.00 bits per heavy atom. The summed E-state index contributed by atoms with van der Waals surface area (Å²) in [7, 11) is 0. The largest absolute Gasteiger partial charge is 0.444 e. The lowest BCUT2D eigenvalue weighted by Crippen LogP contribution is -2.42. The van der Waals surface area contributed by atoms with E-state index in [4.69, 9.17) is 17.0 Å². The van der Waals surface area contributed by atoms with Gasteiger partial charge < -0.3 is 10.1 Å². The number of nitrogens with one attached hydrogen (secondary N) is 2. The standard InChI is InChI=1S/C10H20N2O2S/c1-5-6-7-11-8(15)12-9(13)14-10(2,3)4/h5-7H2,1-4H3,(H2,11,12,13,15). The molecule has 0 heterocycles. The fraction of sp³-hybridized carbons (Fsp3) is 0.800. The predicted molar refractivity (Wildman–Crippen MR) is 64.9 cm³/mol. The Balaban J connectivity index is 3.72. The molecule has 0 aliphatic heterocycles. The van der Waals surface area contributed by atoms with E-state index in [1.54, 1.807) is 20.8 Å². The summed E-state index contributed by atoms with van der Waals surface area (Å²) in [4.78, 5) is 11.2. The molecular weight excluding hydrogens is 212 g/mol. The van der Waals surface area contributed by atoms with Crippen LogP contribution in [0.25, 0.3) is 0 Å². The van der Waals surface area contributed by atoms with Gasteiger partial charge in [0.2, 0.25) is 0 Å². The Morgan fingerprint density at radius 3 is 2.47 bits per heavy atom. The van der Waals surface area contributed by atoms with E-state index in [9.17, 15) is 4.79 Å². The molecule has 0 aromatic carbocycles. The Labute approximate surface area is 96.8 Å². The highest BCUT2D eigenvalue weighted by Crippen LogP contribution is 2.06. The minimum absolute atomic E-state index is 0.317. The van der Waals surface area contributed by atoms with Gasteiger partial charge in [0, 0.05) is 6.54 Å². The molecule has 0 fully saturated rings. The zero-order valence-corrected chi connectivity index (χ0v) is 10.7. The van der Waals surface area contributed by atoms with Gasteiger partial charge in [-0.1, -0.05) is 13.3 Å². The SMILES string of the molecule is CCCCNC(=S)NC(=O)OC(C)(C)C. The number of amides is 1. The average Bonchev–Trinajstić information content (AvgIpc) is 2.00. The predicted octanol–water partition coefficient (Wildman–Crippen LogP) is 2.19. The van der Waals surface area contributed by atoms with Crippen molar-refractivity contribution in [3.63, 3.8) is 0 Å². The van der Waals surface area contributed by atoms with Crippen molar-refractivity contribution in [1.82, 2.24) is 10.6 Å². The molecule has 88 valence electrons. The maximum Gasteiger partial charge on any atom is 0.413 e. The van der Waals surface area contributed by atoms with Gasteiger partial charge in [-0.2, -0.15) is 0 Å². The summed E-state index contributed by atoms with van der Waals surface area (Å²) in [6.07, 6.45) is 1.59. The first kappa shape index (κ1) is 14.2. The Hall–Kier alpha value is -0.840. The first-order valence-electron chi connectivity index (χ1n) is 5.13. The molecule has 0 aliphatic rings. The summed E-state index contributed by atoms with van der Waals surface area (Å²) in [5.41, 5.74) is -0.497. The van der Waals surface area contributed by atoms with Crippen LogP contribution in [-0.2, 0) is 4.74 Å². The molecule has 5 heteroatoms. The number of hydrogen-bond donors (Lipinski definition) is 2. The van der Waals surface area contributed by atoms with Gasteiger partial charge in [-0.15, -0.1) is 0 Å². The summed E-state index contributed by atoms with van der Waals surface area (Å²) in [6, 6.07) is 0. The van der Waals surface area contributed by atoms with Crippen LogP contribution in [0.4, 0.5) is 4.79 Å². The minimum atomic E-state index is -0.517. The molecule has 2 N–H and O–H groups in total. The van der Waals surface area contributed by atoms with Crippen LogP contribution in [0.1, 0.15) is 40.5 Å². The van der Waals surface area contributed by atoms with E-state index in [2.05, 4.69) is 17.6 Å². The second-order valence-corrected chi connectivity index (χ2v) is 4.64. The van der Waals surface area contributed by atoms with E-state index in [-0.39, 0.29) is 0 Å². The molecule has 15 heavy (non-hydrogen) atoms. The molecule has 0 radical (unpaired) electrons. The monoisotopic (exact) mass is 232 g/mol. The first-order valence-corrected chi connectivity index (χ1v) is 5.54. The molecule has 0 bridgehead atoms. The highest BCUT2D eigenvalue weighted by molar-refractivity contribution is 7.80. The van der Waals surface area contributed by atoms with Crippen molar-refractivity contribution in [3.8, 4) is 0 Å². The van der Waals surface area contributed by atoms with Crippen LogP contribution < -0.4 is 10.6 Å². The van der Waals surface area contributed by atoms with Crippen molar-refractivity contribution in [1.29, 1.82) is 0 Å². The van der Waals surface area contributed by atoms with E-state index >= 15 is 0 Å². The van der Waals surface area contributed by atoms with Crippen LogP contribution in [-0.4, -0.2) is 23.4 Å². The molecule has 1 amide bonds. The molecule has 0 atom stereocenters. The number of ether oxygens (including phenoxy) is 1. The Kier molecular flexibility index (Phi) is 6.24. The quantitative estimate of drug-likeness (QED) is 0.578. The van der Waals surface area contributed by atoms with Gasteiger partial charge in [0.1, 0.15) is 5.60 Å². The average molecular weight is 232 g/mol. The van der Waals surface area contributed by atoms with Crippen LogP contribution in [0, 0.1) is 0 Å². The van der Waals surface area contributed by atoms with Crippen molar-refractivity contribution in [2.75, 3.05) is 6.54 Å². The zero-order valence-electron chi connectivity index (χ0n) is 9.85. The third-order valence-corrected chi connectivity index (χ3v) is 1.68. The van der Waals surface area contributed by atoms with Gasteiger partial charge in [0.15, 0.2) is 5.11 Å². The molecule has 0 saturated carbocycles. The number of carbonyl (C=O) groups is 1. The third-order valence-electron chi connectivity index (χ3n) is 1.43. The number of alkyl carbamates (subject to hydrolysis) is 1. The fourth-order valence-electron chi connectivity index (χ4n) is 0.819. The van der Waals surface area contributed by atoms with Gasteiger partial charge in [-0.3, -0.25) is 5.32 Å². The molecule has 0 unspecified atom stereocenters. The second-order valence-electron chi connectivity index (χ2n) is 4.24. The van der Waals surface area contributed by atoms with E-state index in [0.717, 1.165) is 19.4 Å². The van der Waals surface area contributed by atoms with Gasteiger partial charge in [0.25, 0.3) is 0 Å². The zero-order chi connectivity index (χ0) is 11.9. The van der Waals surface area contributed by atoms with Crippen LogP contribution in [0.5, 0.6) is 0 Å². The summed E-state index contributed by atoms with van der Waals surface area (Å²) in [6.45, 7) is 8.28. The van der Waals surface area contributed by atoms with E-state index in [1.807, 2.05) is 0 Å². The van der Waals surface area contributed by atoms with Gasteiger partial charge >= 0.3 is 6.09 Å². The maximum absolute atomic E-state index is 11.2. The third kappa shape index (κ3) is 9.46. The molecule has 0 rings (SSSR count). The maximum atomic E-state index is 11.2. The number of unbranched alkanes of at least 4 members (excludes halogenated alkanes) is 1. The van der Waals surface area contributed by atoms with Crippen molar-refractivity contribution < 1.29 is 9.53 Å². The highest BCUT2D eigenvalue weighted by atomic mass is 32.1. The van der Waals surface area contributed by atoms with Crippen molar-refractivity contribution in [2.24, 2.45) is 0 Å². The van der Waals surface area contributed by atoms with Crippen LogP contribution in [0.15, 0.2) is 0 Å². The first-order chi connectivity index (χ1) is 6.85. The van der Waals surface area contributed by atoms with Crippen LogP contribution in [0.3, 0.4) is 0 Å². The van der Waals surface area contributed by atoms with Crippen molar-refractivity contribution in [2.45, 2.75) is 46.1 Å². The van der Waals surface area contributed by atoms with Crippen LogP contribution >= 0.6 is 12.2 Å². The molecule has 0 spiro atoms. The number of hydrogen-bond acceptors (Lipinski definition) is 3. The lowest BCUT2D eigenvalue weighted by molar-refractivity contribution is 0.0562. The summed E-state index contributed by atoms with van der Waals surface area (Å²) in [5, 5.41) is 5.69. The molecule has 0 aliphatic carbocycles. The summed E-state index contributed by atoms with van der Waals surface area (Å²) in [5.74, 6) is 0. The minimum Gasteiger partial charge on any atom is -0.444 e. The number of carbonyl (C=O) groups excluding carboxylic acids is 1. The summed E-state index contributed by atoms with van der Waals surface area (Å²) >= 11 is 4.91. The van der Waals surface area contributed by atoms with Gasteiger partial charge in [0.05, 0.1) is 0 Å². The van der Waals surface area contributed by atoms with E-state index in [1.165, 1.54) is 0 Å². The number of rotatable bonds is 3. The van der Waals surface area contributed by atoms with Crippen LogP contribution in [0.2, 0.25) is 0 Å².